The first-order chi connectivity index (χ1) is 4.21. The quantitative estimate of drug-likeness (QED) is 0.476. The Balaban J connectivity index is 4.05. The van der Waals surface area contributed by atoms with Gasteiger partial charge in [0, 0.05) is 0 Å². The SMILES string of the molecule is O=S(=O)([O-])CCS(=O)(=O)[O-]. The summed E-state index contributed by atoms with van der Waals surface area (Å²) in [6.07, 6.45) is 0. The van der Waals surface area contributed by atoms with Crippen molar-refractivity contribution in [3.05, 3.63) is 0 Å². The molecular formula is C2H4O6S2-2. The summed E-state index contributed by atoms with van der Waals surface area (Å²) >= 11 is 0. The molecule has 0 saturated heterocycles. The Morgan fingerprint density at radius 1 is 0.800 bits per heavy atom. The van der Waals surface area contributed by atoms with E-state index in [0.717, 1.165) is 0 Å². The largest absolute Gasteiger partial charge is 0.748 e. The van der Waals surface area contributed by atoms with E-state index in [1.165, 1.54) is 0 Å². The molecule has 62 valence electrons. The Hall–Kier alpha value is -0.180. The average Bonchev–Trinajstić information content (AvgIpc) is 1.57. The predicted molar refractivity (Wildman–Crippen MR) is 29.1 cm³/mol. The molecule has 0 aromatic carbocycles. The first-order valence-corrected chi connectivity index (χ1v) is 5.23. The van der Waals surface area contributed by atoms with Gasteiger partial charge >= 0.3 is 0 Å². The highest BCUT2D eigenvalue weighted by Gasteiger charge is 1.99. The van der Waals surface area contributed by atoms with Crippen molar-refractivity contribution in [1.82, 2.24) is 0 Å². The fourth-order valence-electron chi connectivity index (χ4n) is 0.204. The van der Waals surface area contributed by atoms with Crippen LogP contribution in [0.2, 0.25) is 0 Å². The molecule has 0 aromatic heterocycles. The van der Waals surface area contributed by atoms with Crippen LogP contribution in [0.3, 0.4) is 0 Å². The second-order valence-corrected chi connectivity index (χ2v) is 4.57. The van der Waals surface area contributed by atoms with Crippen LogP contribution in [-0.2, 0) is 20.2 Å². The van der Waals surface area contributed by atoms with E-state index in [1.807, 2.05) is 0 Å². The molecule has 0 rings (SSSR count). The minimum atomic E-state index is -4.59. The number of hydrogen-bond acceptors (Lipinski definition) is 6. The Bertz CT molecular complexity index is 250. The van der Waals surface area contributed by atoms with Gasteiger partial charge in [-0.1, -0.05) is 0 Å². The molecule has 0 aliphatic carbocycles. The fraction of sp³-hybridized carbons (Fsp3) is 1.00. The molecule has 0 aromatic rings. The molecule has 0 aliphatic heterocycles. The zero-order valence-corrected chi connectivity index (χ0v) is 6.31. The Morgan fingerprint density at radius 2 is 1.00 bits per heavy atom. The zero-order valence-electron chi connectivity index (χ0n) is 4.68. The summed E-state index contributed by atoms with van der Waals surface area (Å²) in [4.78, 5) is 0. The van der Waals surface area contributed by atoms with Gasteiger partial charge in [0.1, 0.15) is 0 Å². The Labute approximate surface area is 58.4 Å². The predicted octanol–water partition coefficient (Wildman–Crippen LogP) is -1.92. The van der Waals surface area contributed by atoms with Gasteiger partial charge in [-0.25, -0.2) is 16.8 Å². The maximum absolute atomic E-state index is 9.72. The van der Waals surface area contributed by atoms with Gasteiger partial charge in [0.2, 0.25) is 0 Å². The van der Waals surface area contributed by atoms with Crippen molar-refractivity contribution in [2.45, 2.75) is 0 Å². The lowest BCUT2D eigenvalue weighted by Crippen LogP contribution is -2.15. The lowest BCUT2D eigenvalue weighted by Gasteiger charge is -2.08. The second kappa shape index (κ2) is 2.82. The summed E-state index contributed by atoms with van der Waals surface area (Å²) < 4.78 is 58.3. The normalized spacial score (nSPS) is 13.4. The molecule has 8 heteroatoms. The van der Waals surface area contributed by atoms with E-state index >= 15 is 0 Å². The van der Waals surface area contributed by atoms with Crippen molar-refractivity contribution in [2.24, 2.45) is 0 Å². The van der Waals surface area contributed by atoms with Crippen molar-refractivity contribution in [1.29, 1.82) is 0 Å². The van der Waals surface area contributed by atoms with E-state index in [4.69, 9.17) is 0 Å². The van der Waals surface area contributed by atoms with Gasteiger partial charge in [-0.05, 0) is 0 Å². The third kappa shape index (κ3) is 7.82. The van der Waals surface area contributed by atoms with E-state index in [0.29, 0.717) is 0 Å². The maximum Gasteiger partial charge on any atom is 0.0955 e. The van der Waals surface area contributed by atoms with Gasteiger partial charge in [-0.3, -0.25) is 0 Å². The molecule has 0 bridgehead atoms. The van der Waals surface area contributed by atoms with Gasteiger partial charge in [0.05, 0.1) is 31.7 Å². The van der Waals surface area contributed by atoms with Crippen LogP contribution < -0.4 is 0 Å². The monoisotopic (exact) mass is 188 g/mol. The van der Waals surface area contributed by atoms with E-state index in [1.54, 1.807) is 0 Å². The molecule has 0 fully saturated rings. The summed E-state index contributed by atoms with van der Waals surface area (Å²) in [7, 11) is -9.17. The molecule has 6 nitrogen and oxygen atoms in total. The van der Waals surface area contributed by atoms with Gasteiger partial charge in [0.15, 0.2) is 0 Å². The lowest BCUT2D eigenvalue weighted by molar-refractivity contribution is 0.452. The third-order valence-electron chi connectivity index (χ3n) is 0.583. The smallest absolute Gasteiger partial charge is 0.0955 e. The van der Waals surface area contributed by atoms with E-state index in [-0.39, 0.29) is 0 Å². The highest BCUT2D eigenvalue weighted by atomic mass is 32.2. The molecule has 0 heterocycles. The summed E-state index contributed by atoms with van der Waals surface area (Å²) in [6, 6.07) is 0. The minimum absolute atomic E-state index is 1.15. The van der Waals surface area contributed by atoms with Gasteiger partial charge in [-0.2, -0.15) is 0 Å². The molecule has 0 unspecified atom stereocenters. The number of hydrogen-bond donors (Lipinski definition) is 0. The van der Waals surface area contributed by atoms with Crippen LogP contribution in [0, 0.1) is 0 Å². The standard InChI is InChI=1S/C2H6O6S2/c3-9(4,5)1-2-10(6,7)8/h1-2H2,(H,3,4,5)(H,6,7,8)/p-2. The first-order valence-electron chi connectivity index (χ1n) is 2.08. The van der Waals surface area contributed by atoms with Gasteiger partial charge in [0.25, 0.3) is 0 Å². The van der Waals surface area contributed by atoms with E-state index < -0.39 is 31.7 Å². The molecule has 0 N–H and O–H groups in total. The van der Waals surface area contributed by atoms with Crippen LogP contribution in [0.5, 0.6) is 0 Å². The summed E-state index contributed by atoms with van der Waals surface area (Å²) in [5.74, 6) is -2.31. The first kappa shape index (κ1) is 9.82. The van der Waals surface area contributed by atoms with Crippen LogP contribution >= 0.6 is 0 Å². The van der Waals surface area contributed by atoms with Crippen LogP contribution in [0.25, 0.3) is 0 Å². The van der Waals surface area contributed by atoms with Crippen molar-refractivity contribution >= 4 is 20.2 Å². The summed E-state index contributed by atoms with van der Waals surface area (Å²) in [5.41, 5.74) is 0. The second-order valence-electron chi connectivity index (χ2n) is 1.52. The van der Waals surface area contributed by atoms with Crippen LogP contribution in [0.15, 0.2) is 0 Å². The highest BCUT2D eigenvalue weighted by molar-refractivity contribution is 7.89. The Morgan fingerprint density at radius 3 is 1.10 bits per heavy atom. The molecule has 10 heavy (non-hydrogen) atoms. The Kier molecular flexibility index (Phi) is 2.77. The van der Waals surface area contributed by atoms with E-state index in [9.17, 15) is 25.9 Å². The zero-order chi connectivity index (χ0) is 8.41. The topological polar surface area (TPSA) is 114 Å². The molecule has 0 saturated carbocycles. The summed E-state index contributed by atoms with van der Waals surface area (Å²) in [6.45, 7) is 0. The van der Waals surface area contributed by atoms with Crippen molar-refractivity contribution in [2.75, 3.05) is 11.5 Å². The molecule has 0 amide bonds. The molecule has 0 radical (unpaired) electrons. The number of rotatable bonds is 3. The van der Waals surface area contributed by atoms with Crippen molar-refractivity contribution < 1.29 is 25.9 Å². The van der Waals surface area contributed by atoms with Crippen molar-refractivity contribution in [3.63, 3.8) is 0 Å². The molecular weight excluding hydrogens is 184 g/mol. The summed E-state index contributed by atoms with van der Waals surface area (Å²) in [5, 5.41) is 0. The van der Waals surface area contributed by atoms with Gasteiger partial charge < -0.3 is 9.11 Å². The minimum Gasteiger partial charge on any atom is -0.748 e. The fourth-order valence-corrected chi connectivity index (χ4v) is 1.84. The van der Waals surface area contributed by atoms with Gasteiger partial charge in [-0.15, -0.1) is 0 Å². The third-order valence-corrected chi connectivity index (χ3v) is 2.25. The average molecular weight is 188 g/mol. The van der Waals surface area contributed by atoms with Crippen molar-refractivity contribution in [3.8, 4) is 0 Å². The van der Waals surface area contributed by atoms with Crippen LogP contribution in [-0.4, -0.2) is 37.4 Å². The highest BCUT2D eigenvalue weighted by Crippen LogP contribution is 1.86. The van der Waals surface area contributed by atoms with Crippen LogP contribution in [0.4, 0.5) is 0 Å². The van der Waals surface area contributed by atoms with E-state index in [2.05, 4.69) is 0 Å². The molecule has 0 aliphatic rings. The molecule has 0 spiro atoms. The lowest BCUT2D eigenvalue weighted by atomic mass is 11.0. The molecule has 0 atom stereocenters. The van der Waals surface area contributed by atoms with Crippen LogP contribution in [0.1, 0.15) is 0 Å². The maximum atomic E-state index is 9.72.